The number of hydrogen-bond acceptors (Lipinski definition) is 1. The van der Waals surface area contributed by atoms with Crippen LogP contribution in [0, 0.1) is 5.21 Å². The van der Waals surface area contributed by atoms with Gasteiger partial charge in [0, 0.05) is 0 Å². The zero-order chi connectivity index (χ0) is 5.15. The lowest BCUT2D eigenvalue weighted by Crippen LogP contribution is -3.07. The number of hydrogen-bond donors (Lipinski definition) is 1. The number of hydroxylamine groups is 2. The highest BCUT2D eigenvalue weighted by Crippen LogP contribution is 1.60. The van der Waals surface area contributed by atoms with Gasteiger partial charge in [0.25, 0.3) is 0 Å². The Hall–Kier alpha value is -0.0800. The molecular weight excluding hydrogens is 78.0 g/mol. The fourth-order valence-electron chi connectivity index (χ4n) is 0. The molecule has 0 aromatic rings. The lowest BCUT2D eigenvalue weighted by Gasteiger charge is -2.19. The molecule has 0 heterocycles. The summed E-state index contributed by atoms with van der Waals surface area (Å²) in [4.78, 5) is 0. The molecule has 0 aliphatic carbocycles. The van der Waals surface area contributed by atoms with E-state index in [1.165, 1.54) is 0 Å². The molecule has 0 aliphatic rings. The van der Waals surface area contributed by atoms with Crippen molar-refractivity contribution >= 4 is 0 Å². The minimum atomic E-state index is 0.213. The molecule has 1 unspecified atom stereocenters. The molecule has 0 rings (SSSR count). The van der Waals surface area contributed by atoms with Gasteiger partial charge in [-0.1, -0.05) is 0 Å². The number of rotatable bonds is 1. The molecule has 0 aromatic heterocycles. The van der Waals surface area contributed by atoms with Gasteiger partial charge in [-0.05, 0) is 13.8 Å². The second-order valence-corrected chi connectivity index (χ2v) is 1.77. The van der Waals surface area contributed by atoms with Crippen molar-refractivity contribution in [2.75, 3.05) is 7.05 Å². The molecule has 0 saturated heterocycles. The van der Waals surface area contributed by atoms with Gasteiger partial charge in [-0.25, -0.2) is 0 Å². The van der Waals surface area contributed by atoms with Crippen LogP contribution in [-0.2, 0) is 0 Å². The first kappa shape index (κ1) is 5.92. The number of nitrogens with one attached hydrogen (secondary N) is 1. The highest BCUT2D eigenvalue weighted by atomic mass is 16.5. The molecule has 2 nitrogen and oxygen atoms in total. The molecule has 38 valence electrons. The maximum atomic E-state index is 10.1. The van der Waals surface area contributed by atoms with Crippen molar-refractivity contribution in [3.05, 3.63) is 5.21 Å². The van der Waals surface area contributed by atoms with E-state index in [1.54, 1.807) is 7.05 Å². The smallest absolute Gasteiger partial charge is 0.0812 e. The first-order valence-electron chi connectivity index (χ1n) is 2.15. The quantitative estimate of drug-likeness (QED) is 0.427. The molecule has 2 heteroatoms. The fourth-order valence-corrected chi connectivity index (χ4v) is 0. The van der Waals surface area contributed by atoms with E-state index in [4.69, 9.17) is 0 Å². The van der Waals surface area contributed by atoms with E-state index < -0.39 is 0 Å². The van der Waals surface area contributed by atoms with Crippen LogP contribution in [0.25, 0.3) is 0 Å². The molecule has 0 fully saturated rings. The van der Waals surface area contributed by atoms with Crippen LogP contribution in [0.1, 0.15) is 13.8 Å². The van der Waals surface area contributed by atoms with Gasteiger partial charge in [-0.2, -0.15) is 0 Å². The van der Waals surface area contributed by atoms with Crippen LogP contribution in [0.4, 0.5) is 0 Å². The number of quaternary nitrogens is 1. The summed E-state index contributed by atoms with van der Waals surface area (Å²) < 4.78 is 0. The predicted octanol–water partition coefficient (Wildman–Crippen LogP) is -0.593. The zero-order valence-corrected chi connectivity index (χ0v) is 4.49. The topological polar surface area (TPSA) is 27.5 Å². The second-order valence-electron chi connectivity index (χ2n) is 1.77. The third-order valence-corrected chi connectivity index (χ3v) is 0.813. The van der Waals surface area contributed by atoms with Crippen molar-refractivity contribution in [1.82, 2.24) is 0 Å². The van der Waals surface area contributed by atoms with Gasteiger partial charge in [0.1, 0.15) is 0 Å². The van der Waals surface area contributed by atoms with Crippen molar-refractivity contribution in [1.29, 1.82) is 0 Å². The van der Waals surface area contributed by atoms with Crippen molar-refractivity contribution in [3.63, 3.8) is 0 Å². The third kappa shape index (κ3) is 2.18. The first-order chi connectivity index (χ1) is 2.64. The van der Waals surface area contributed by atoms with Crippen LogP contribution in [0.15, 0.2) is 0 Å². The summed E-state index contributed by atoms with van der Waals surface area (Å²) in [6, 6.07) is 0.213. The Labute approximate surface area is 38.3 Å². The van der Waals surface area contributed by atoms with Crippen LogP contribution < -0.4 is 5.06 Å². The largest absolute Gasteiger partial charge is 0.634 e. The van der Waals surface area contributed by atoms with E-state index in [-0.39, 0.29) is 11.1 Å². The van der Waals surface area contributed by atoms with E-state index >= 15 is 0 Å². The lowest BCUT2D eigenvalue weighted by molar-refractivity contribution is -0.849. The molecule has 0 saturated carbocycles. The van der Waals surface area contributed by atoms with Gasteiger partial charge in [-0.15, -0.1) is 0 Å². The van der Waals surface area contributed by atoms with Crippen molar-refractivity contribution in [2.45, 2.75) is 19.9 Å². The standard InChI is InChI=1S/C4H11NO/c1-4(2)5(3)6/h4-5H,1-3H3. The summed E-state index contributed by atoms with van der Waals surface area (Å²) in [5.74, 6) is 0. The summed E-state index contributed by atoms with van der Waals surface area (Å²) in [7, 11) is 1.60. The molecule has 0 bridgehead atoms. The Balaban J connectivity index is 2.99. The molecule has 0 amide bonds. The lowest BCUT2D eigenvalue weighted by atomic mass is 10.4. The Kier molecular flexibility index (Phi) is 2.13. The average molecular weight is 89.1 g/mol. The molecule has 0 aliphatic heterocycles. The summed E-state index contributed by atoms with van der Waals surface area (Å²) in [5.41, 5.74) is 0. The van der Waals surface area contributed by atoms with Gasteiger partial charge in [0.15, 0.2) is 0 Å². The summed E-state index contributed by atoms with van der Waals surface area (Å²) in [6.07, 6.45) is 0. The van der Waals surface area contributed by atoms with Gasteiger partial charge in [-0.3, -0.25) is 0 Å². The van der Waals surface area contributed by atoms with Crippen LogP contribution in [0.2, 0.25) is 0 Å². The van der Waals surface area contributed by atoms with Crippen LogP contribution >= 0.6 is 0 Å². The van der Waals surface area contributed by atoms with Crippen LogP contribution in [-0.4, -0.2) is 13.1 Å². The Bertz CT molecular complexity index is 28.5. The highest BCUT2D eigenvalue weighted by molar-refractivity contribution is 4.27. The summed E-state index contributed by atoms with van der Waals surface area (Å²) in [6.45, 7) is 3.78. The Morgan fingerprint density at radius 3 is 1.67 bits per heavy atom. The minimum Gasteiger partial charge on any atom is -0.634 e. The van der Waals surface area contributed by atoms with Crippen molar-refractivity contribution in [3.8, 4) is 0 Å². The van der Waals surface area contributed by atoms with Gasteiger partial charge < -0.3 is 10.3 Å². The molecule has 1 N–H and O–H groups in total. The molecular formula is C4H11NO. The normalized spacial score (nSPS) is 15.5. The monoisotopic (exact) mass is 89.1 g/mol. The van der Waals surface area contributed by atoms with Gasteiger partial charge >= 0.3 is 0 Å². The predicted molar refractivity (Wildman–Crippen MR) is 25.4 cm³/mol. The highest BCUT2D eigenvalue weighted by Gasteiger charge is 1.89. The SMILES string of the molecule is CC(C)[NH+](C)[O-]. The summed E-state index contributed by atoms with van der Waals surface area (Å²) >= 11 is 0. The molecule has 0 spiro atoms. The fraction of sp³-hybridized carbons (Fsp3) is 1.00. The molecule has 0 aromatic carbocycles. The molecule has 1 atom stereocenters. The van der Waals surface area contributed by atoms with E-state index in [1.807, 2.05) is 13.8 Å². The third-order valence-electron chi connectivity index (χ3n) is 0.813. The Morgan fingerprint density at radius 2 is 1.67 bits per heavy atom. The molecule has 0 radical (unpaired) electrons. The zero-order valence-electron chi connectivity index (χ0n) is 4.49. The van der Waals surface area contributed by atoms with E-state index in [2.05, 4.69) is 0 Å². The second kappa shape index (κ2) is 2.16. The van der Waals surface area contributed by atoms with Crippen LogP contribution in [0.3, 0.4) is 0 Å². The maximum absolute atomic E-state index is 10.1. The van der Waals surface area contributed by atoms with Gasteiger partial charge in [0.2, 0.25) is 0 Å². The van der Waals surface area contributed by atoms with E-state index in [0.717, 1.165) is 0 Å². The average Bonchev–Trinajstić information content (AvgIpc) is 1.36. The maximum Gasteiger partial charge on any atom is 0.0812 e. The summed E-state index contributed by atoms with van der Waals surface area (Å²) in [5, 5.41) is 10.4. The Morgan fingerprint density at radius 1 is 1.50 bits per heavy atom. The first-order valence-corrected chi connectivity index (χ1v) is 2.15. The van der Waals surface area contributed by atoms with E-state index in [0.29, 0.717) is 0 Å². The van der Waals surface area contributed by atoms with Crippen LogP contribution in [0.5, 0.6) is 0 Å². The van der Waals surface area contributed by atoms with Crippen molar-refractivity contribution < 1.29 is 5.06 Å². The van der Waals surface area contributed by atoms with E-state index in [9.17, 15) is 5.21 Å². The minimum absolute atomic E-state index is 0.213. The molecule has 6 heavy (non-hydrogen) atoms. The van der Waals surface area contributed by atoms with Crippen molar-refractivity contribution in [2.24, 2.45) is 0 Å². The van der Waals surface area contributed by atoms with Gasteiger partial charge in [0.05, 0.1) is 13.1 Å².